The molecule has 2 N–H and O–H groups in total. The van der Waals surface area contributed by atoms with Gasteiger partial charge in [-0.25, -0.2) is 0 Å². The van der Waals surface area contributed by atoms with Gasteiger partial charge in [0.1, 0.15) is 0 Å². The Balaban J connectivity index is 1.85. The molecule has 2 heteroatoms. The smallest absolute Gasteiger partial charge is 0.0436 e. The number of aryl methyl sites for hydroxylation is 1. The zero-order valence-corrected chi connectivity index (χ0v) is 10.9. The van der Waals surface area contributed by atoms with Crippen LogP contribution in [0.25, 0.3) is 0 Å². The Hall–Kier alpha value is -0.860. The molecule has 1 atom stereocenters. The van der Waals surface area contributed by atoms with E-state index in [1.165, 1.54) is 24.0 Å². The summed E-state index contributed by atoms with van der Waals surface area (Å²) in [6.07, 6.45) is 3.48. The van der Waals surface area contributed by atoms with E-state index >= 15 is 0 Å². The molecule has 94 valence electrons. The summed E-state index contributed by atoms with van der Waals surface area (Å²) < 4.78 is 0. The summed E-state index contributed by atoms with van der Waals surface area (Å²) in [4.78, 5) is 0. The highest BCUT2D eigenvalue weighted by Gasteiger charge is 2.41. The van der Waals surface area contributed by atoms with Gasteiger partial charge in [-0.3, -0.25) is 0 Å². The van der Waals surface area contributed by atoms with Crippen molar-refractivity contribution in [1.29, 1.82) is 0 Å². The molecule has 0 radical (unpaired) electrons. The molecular formula is C15H23NO. The summed E-state index contributed by atoms with van der Waals surface area (Å²) in [6, 6.07) is 9.10. The minimum Gasteiger partial charge on any atom is -0.396 e. The second-order valence-corrected chi connectivity index (χ2v) is 5.49. The molecule has 1 aliphatic rings. The molecule has 2 nitrogen and oxygen atoms in total. The van der Waals surface area contributed by atoms with Crippen molar-refractivity contribution in [3.8, 4) is 0 Å². The number of hydrogen-bond donors (Lipinski definition) is 2. The van der Waals surface area contributed by atoms with Crippen LogP contribution in [-0.2, 0) is 0 Å². The first-order chi connectivity index (χ1) is 8.15. The van der Waals surface area contributed by atoms with Gasteiger partial charge in [0.05, 0.1) is 0 Å². The van der Waals surface area contributed by atoms with E-state index in [2.05, 4.69) is 43.4 Å². The van der Waals surface area contributed by atoms with Gasteiger partial charge >= 0.3 is 0 Å². The van der Waals surface area contributed by atoms with Crippen LogP contribution in [0.15, 0.2) is 24.3 Å². The Bertz CT molecular complexity index is 354. The zero-order chi connectivity index (χ0) is 12.3. The van der Waals surface area contributed by atoms with Gasteiger partial charge < -0.3 is 10.4 Å². The summed E-state index contributed by atoms with van der Waals surface area (Å²) in [7, 11) is 0. The van der Waals surface area contributed by atoms with Crippen LogP contribution >= 0.6 is 0 Å². The molecule has 2 rings (SSSR count). The van der Waals surface area contributed by atoms with Crippen LogP contribution in [0.3, 0.4) is 0 Å². The zero-order valence-electron chi connectivity index (χ0n) is 10.9. The first-order valence-electron chi connectivity index (χ1n) is 6.56. The molecule has 0 amide bonds. The topological polar surface area (TPSA) is 32.3 Å². The maximum absolute atomic E-state index is 9.03. The summed E-state index contributed by atoms with van der Waals surface area (Å²) in [5.41, 5.74) is 3.04. The maximum atomic E-state index is 9.03. The molecule has 1 aromatic carbocycles. The molecular weight excluding hydrogens is 210 g/mol. The second kappa shape index (κ2) is 5.19. The Morgan fingerprint density at radius 2 is 1.94 bits per heavy atom. The Morgan fingerprint density at radius 1 is 1.29 bits per heavy atom. The predicted octanol–water partition coefficient (Wildman–Crippen LogP) is 2.81. The standard InChI is InChI=1S/C15H23NO/c1-12-3-5-14(6-4-12)13(2)16-11-15(7-8-15)9-10-17/h3-6,13,16-17H,7-11H2,1-2H3. The molecule has 0 heterocycles. The van der Waals surface area contributed by atoms with E-state index in [4.69, 9.17) is 5.11 Å². The van der Waals surface area contributed by atoms with E-state index in [-0.39, 0.29) is 0 Å². The Labute approximate surface area is 104 Å². The lowest BCUT2D eigenvalue weighted by molar-refractivity contribution is 0.243. The third-order valence-electron chi connectivity index (χ3n) is 3.96. The van der Waals surface area contributed by atoms with Crippen LogP contribution in [0.1, 0.15) is 43.4 Å². The van der Waals surface area contributed by atoms with Gasteiger partial charge in [0, 0.05) is 19.2 Å². The van der Waals surface area contributed by atoms with E-state index in [1.54, 1.807) is 0 Å². The first-order valence-corrected chi connectivity index (χ1v) is 6.56. The van der Waals surface area contributed by atoms with Crippen LogP contribution in [0, 0.1) is 12.3 Å². The summed E-state index contributed by atoms with van der Waals surface area (Å²) >= 11 is 0. The number of benzene rings is 1. The van der Waals surface area contributed by atoms with Crippen molar-refractivity contribution in [2.24, 2.45) is 5.41 Å². The number of hydrogen-bond acceptors (Lipinski definition) is 2. The van der Waals surface area contributed by atoms with Crippen molar-refractivity contribution < 1.29 is 5.11 Å². The lowest BCUT2D eigenvalue weighted by atomic mass is 10.0. The van der Waals surface area contributed by atoms with Gasteiger partial charge in [0.15, 0.2) is 0 Å². The Kier molecular flexibility index (Phi) is 3.85. The molecule has 1 saturated carbocycles. The van der Waals surface area contributed by atoms with E-state index in [9.17, 15) is 0 Å². The summed E-state index contributed by atoms with van der Waals surface area (Å²) in [5.74, 6) is 0. The van der Waals surface area contributed by atoms with Gasteiger partial charge in [-0.1, -0.05) is 29.8 Å². The second-order valence-electron chi connectivity index (χ2n) is 5.49. The lowest BCUT2D eigenvalue weighted by Gasteiger charge is -2.19. The normalized spacial score (nSPS) is 19.0. The average Bonchev–Trinajstić information content (AvgIpc) is 3.08. The first kappa shape index (κ1) is 12.6. The molecule has 0 aromatic heterocycles. The van der Waals surface area contributed by atoms with Gasteiger partial charge in [-0.05, 0) is 44.1 Å². The van der Waals surface area contributed by atoms with Crippen molar-refractivity contribution in [1.82, 2.24) is 5.32 Å². The van der Waals surface area contributed by atoms with Gasteiger partial charge in [-0.2, -0.15) is 0 Å². The molecule has 17 heavy (non-hydrogen) atoms. The number of rotatable bonds is 6. The number of nitrogens with one attached hydrogen (secondary N) is 1. The van der Waals surface area contributed by atoms with E-state index in [1.807, 2.05) is 0 Å². The number of aliphatic hydroxyl groups excluding tert-OH is 1. The van der Waals surface area contributed by atoms with Gasteiger partial charge in [0.2, 0.25) is 0 Å². The maximum Gasteiger partial charge on any atom is 0.0436 e. The van der Waals surface area contributed by atoms with Crippen LogP contribution in [0.2, 0.25) is 0 Å². The fourth-order valence-electron chi connectivity index (χ4n) is 2.27. The van der Waals surface area contributed by atoms with E-state index < -0.39 is 0 Å². The quantitative estimate of drug-likeness (QED) is 0.792. The molecule has 0 saturated heterocycles. The van der Waals surface area contributed by atoms with Crippen molar-refractivity contribution in [2.75, 3.05) is 13.2 Å². The highest BCUT2D eigenvalue weighted by molar-refractivity contribution is 5.23. The van der Waals surface area contributed by atoms with Crippen molar-refractivity contribution in [3.63, 3.8) is 0 Å². The highest BCUT2D eigenvalue weighted by atomic mass is 16.3. The fraction of sp³-hybridized carbons (Fsp3) is 0.600. The molecule has 0 aliphatic heterocycles. The lowest BCUT2D eigenvalue weighted by Crippen LogP contribution is -2.27. The van der Waals surface area contributed by atoms with Gasteiger partial charge in [-0.15, -0.1) is 0 Å². The van der Waals surface area contributed by atoms with E-state index in [0.29, 0.717) is 18.1 Å². The van der Waals surface area contributed by atoms with Crippen LogP contribution in [0.4, 0.5) is 0 Å². The average molecular weight is 233 g/mol. The number of aliphatic hydroxyl groups is 1. The molecule has 1 fully saturated rings. The van der Waals surface area contributed by atoms with Crippen LogP contribution in [-0.4, -0.2) is 18.3 Å². The highest BCUT2D eigenvalue weighted by Crippen LogP contribution is 2.48. The van der Waals surface area contributed by atoms with Crippen LogP contribution in [0.5, 0.6) is 0 Å². The molecule has 1 aliphatic carbocycles. The Morgan fingerprint density at radius 3 is 2.47 bits per heavy atom. The van der Waals surface area contributed by atoms with Crippen molar-refractivity contribution in [3.05, 3.63) is 35.4 Å². The predicted molar refractivity (Wildman–Crippen MR) is 71.0 cm³/mol. The SMILES string of the molecule is Cc1ccc(C(C)NCC2(CCO)CC2)cc1. The molecule has 1 unspecified atom stereocenters. The van der Waals surface area contributed by atoms with Crippen molar-refractivity contribution in [2.45, 2.75) is 39.2 Å². The molecule has 0 bridgehead atoms. The van der Waals surface area contributed by atoms with Crippen molar-refractivity contribution >= 4 is 0 Å². The summed E-state index contributed by atoms with van der Waals surface area (Å²) in [5, 5.41) is 12.6. The third-order valence-corrected chi connectivity index (χ3v) is 3.96. The largest absolute Gasteiger partial charge is 0.396 e. The minimum atomic E-state index is 0.320. The fourth-order valence-corrected chi connectivity index (χ4v) is 2.27. The monoisotopic (exact) mass is 233 g/mol. The third kappa shape index (κ3) is 3.30. The van der Waals surface area contributed by atoms with Crippen LogP contribution < -0.4 is 5.32 Å². The van der Waals surface area contributed by atoms with E-state index in [0.717, 1.165) is 13.0 Å². The summed E-state index contributed by atoms with van der Waals surface area (Å²) in [6.45, 7) is 5.67. The minimum absolute atomic E-state index is 0.320. The molecule has 1 aromatic rings. The van der Waals surface area contributed by atoms with Gasteiger partial charge in [0.25, 0.3) is 0 Å². The molecule has 0 spiro atoms.